The van der Waals surface area contributed by atoms with Crippen LogP contribution in [0.25, 0.3) is 22.0 Å². The van der Waals surface area contributed by atoms with Crippen molar-refractivity contribution in [1.82, 2.24) is 19.8 Å². The van der Waals surface area contributed by atoms with Crippen molar-refractivity contribution in [3.8, 4) is 22.9 Å². The van der Waals surface area contributed by atoms with Gasteiger partial charge in [0.15, 0.2) is 0 Å². The fourth-order valence-corrected chi connectivity index (χ4v) is 6.35. The molecule has 3 aliphatic heterocycles. The number of aliphatic hydroxyl groups is 1. The van der Waals surface area contributed by atoms with Crippen LogP contribution in [0, 0.1) is 0 Å². The number of likely N-dealkylation sites (N-methyl/N-ethyl adjacent to an activating group) is 1. The van der Waals surface area contributed by atoms with Crippen molar-refractivity contribution in [1.29, 1.82) is 0 Å². The molecule has 2 aromatic carbocycles. The van der Waals surface area contributed by atoms with Crippen LogP contribution in [-0.4, -0.2) is 102 Å². The van der Waals surface area contributed by atoms with Gasteiger partial charge in [0.25, 0.3) is 0 Å². The van der Waals surface area contributed by atoms with Crippen LogP contribution in [0.5, 0.6) is 11.8 Å². The van der Waals surface area contributed by atoms with E-state index in [4.69, 9.17) is 20.2 Å². The second-order valence-corrected chi connectivity index (χ2v) is 11.6. The fourth-order valence-electron chi connectivity index (χ4n) is 6.35. The summed E-state index contributed by atoms with van der Waals surface area (Å²) in [6.45, 7) is 5.16. The van der Waals surface area contributed by atoms with E-state index in [-0.39, 0.29) is 72.2 Å². The molecule has 0 aliphatic carbocycles. The third kappa shape index (κ3) is 5.96. The summed E-state index contributed by atoms with van der Waals surface area (Å²) in [5.74, 6) is 0.508. The van der Waals surface area contributed by atoms with Gasteiger partial charge in [0, 0.05) is 56.4 Å². The average Bonchev–Trinajstić information content (AvgIpc) is 3.60. The standard InChI is InChI=1S/C31H34F4N6O4/c1-3-26(43)40-6-8-41(9-7-40)29-27-25(37-30(38-29)44-16-19-10-17(32)14-39(19)2)13-21(23-12-20(15-42)45-28(23)27)22-11-18(36)4-5-24(22)31(33,34)35/h3-5,11,13,17,19-20,42H,1,6-10,12,14-16,36H2,2H3/t17-,19+,20?/m1/s1. The van der Waals surface area contributed by atoms with Gasteiger partial charge in [0.2, 0.25) is 5.91 Å². The number of rotatable bonds is 7. The number of ether oxygens (including phenoxy) is 2. The molecular formula is C31H34F4N6O4. The van der Waals surface area contributed by atoms with Gasteiger partial charge in [-0.25, -0.2) is 4.39 Å². The molecule has 3 N–H and O–H groups in total. The lowest BCUT2D eigenvalue weighted by molar-refractivity contribution is -0.137. The summed E-state index contributed by atoms with van der Waals surface area (Å²) in [5.41, 5.74) is 6.08. The zero-order chi connectivity index (χ0) is 32.0. The number of anilines is 2. The first-order valence-electron chi connectivity index (χ1n) is 14.7. The predicted molar refractivity (Wildman–Crippen MR) is 160 cm³/mol. The number of nitrogen functional groups attached to an aromatic ring is 1. The number of amides is 1. The molecule has 0 radical (unpaired) electrons. The number of fused-ring (bicyclic) bond motifs is 3. The molecule has 1 aromatic heterocycles. The van der Waals surface area contributed by atoms with Gasteiger partial charge in [0.05, 0.1) is 23.1 Å². The second-order valence-electron chi connectivity index (χ2n) is 11.6. The quantitative estimate of drug-likeness (QED) is 0.230. The summed E-state index contributed by atoms with van der Waals surface area (Å²) in [5, 5.41) is 10.5. The molecule has 3 aliphatic rings. The predicted octanol–water partition coefficient (Wildman–Crippen LogP) is 3.45. The molecule has 45 heavy (non-hydrogen) atoms. The van der Waals surface area contributed by atoms with Crippen molar-refractivity contribution in [3.05, 3.63) is 48.0 Å². The highest BCUT2D eigenvalue weighted by Crippen LogP contribution is 2.48. The summed E-state index contributed by atoms with van der Waals surface area (Å²) in [6, 6.07) is 4.74. The molecule has 4 heterocycles. The van der Waals surface area contributed by atoms with Crippen LogP contribution in [0.4, 0.5) is 29.1 Å². The topological polar surface area (TPSA) is 117 Å². The fraction of sp³-hybridized carbons (Fsp3) is 0.452. The second kappa shape index (κ2) is 12.0. The lowest BCUT2D eigenvalue weighted by Gasteiger charge is -2.35. The third-order valence-corrected chi connectivity index (χ3v) is 8.67. The van der Waals surface area contributed by atoms with Gasteiger partial charge in [0.1, 0.15) is 30.4 Å². The van der Waals surface area contributed by atoms with Crippen molar-refractivity contribution >= 4 is 28.3 Å². The Bertz CT molecular complexity index is 1630. The number of likely N-dealkylation sites (tertiary alicyclic amines) is 1. The van der Waals surface area contributed by atoms with E-state index in [0.29, 0.717) is 49.4 Å². The number of alkyl halides is 4. The molecule has 6 rings (SSSR count). The maximum absolute atomic E-state index is 14.2. The molecule has 2 fully saturated rings. The number of carbonyl (C=O) groups excluding carboxylic acids is 1. The zero-order valence-corrected chi connectivity index (χ0v) is 24.7. The first-order valence-corrected chi connectivity index (χ1v) is 14.7. The maximum atomic E-state index is 14.2. The monoisotopic (exact) mass is 630 g/mol. The van der Waals surface area contributed by atoms with Gasteiger partial charge < -0.3 is 30.1 Å². The number of aromatic nitrogens is 2. The Hall–Kier alpha value is -4.17. The van der Waals surface area contributed by atoms with E-state index < -0.39 is 24.0 Å². The van der Waals surface area contributed by atoms with Crippen LogP contribution in [0.2, 0.25) is 0 Å². The number of nitrogens with two attached hydrogens (primary N) is 1. The number of hydrogen-bond donors (Lipinski definition) is 2. The number of aliphatic hydroxyl groups excluding tert-OH is 1. The third-order valence-electron chi connectivity index (χ3n) is 8.67. The Kier molecular flexibility index (Phi) is 8.20. The van der Waals surface area contributed by atoms with Crippen LogP contribution < -0.4 is 20.1 Å². The van der Waals surface area contributed by atoms with Gasteiger partial charge in [-0.1, -0.05) is 6.58 Å². The molecule has 1 unspecified atom stereocenters. The molecule has 10 nitrogen and oxygen atoms in total. The smallest absolute Gasteiger partial charge is 0.417 e. The first-order chi connectivity index (χ1) is 21.5. The number of benzene rings is 2. The number of nitrogens with zero attached hydrogens (tertiary/aromatic N) is 5. The Labute approximate surface area is 257 Å². The Balaban J connectivity index is 1.51. The average molecular weight is 631 g/mol. The lowest BCUT2D eigenvalue weighted by atomic mass is 9.91. The van der Waals surface area contributed by atoms with E-state index in [1.165, 1.54) is 18.2 Å². The Morgan fingerprint density at radius 1 is 1.20 bits per heavy atom. The minimum Gasteiger partial charge on any atom is -0.487 e. The van der Waals surface area contributed by atoms with Gasteiger partial charge in [-0.15, -0.1) is 0 Å². The van der Waals surface area contributed by atoms with Crippen LogP contribution in [0.15, 0.2) is 36.9 Å². The highest BCUT2D eigenvalue weighted by atomic mass is 19.4. The minimum absolute atomic E-state index is 0.0240. The summed E-state index contributed by atoms with van der Waals surface area (Å²) in [6.07, 6.45) is -4.64. The molecular weight excluding hydrogens is 596 g/mol. The normalized spacial score (nSPS) is 22.0. The van der Waals surface area contributed by atoms with E-state index >= 15 is 0 Å². The van der Waals surface area contributed by atoms with Gasteiger partial charge in [-0.3, -0.25) is 9.69 Å². The van der Waals surface area contributed by atoms with Crippen LogP contribution in [0.3, 0.4) is 0 Å². The van der Waals surface area contributed by atoms with Gasteiger partial charge >= 0.3 is 12.2 Å². The molecule has 0 spiro atoms. The zero-order valence-electron chi connectivity index (χ0n) is 24.7. The van der Waals surface area contributed by atoms with Crippen molar-refractivity contribution in [2.75, 3.05) is 63.6 Å². The van der Waals surface area contributed by atoms with E-state index in [9.17, 15) is 27.5 Å². The highest BCUT2D eigenvalue weighted by Gasteiger charge is 2.38. The van der Waals surface area contributed by atoms with Crippen molar-refractivity contribution in [3.63, 3.8) is 0 Å². The SMILES string of the molecule is C=CC(=O)N1CCN(c2nc(OC[C@@H]3C[C@@H](F)CN3C)nc3cc(-c4cc(N)ccc4C(F)(F)F)c4c(c23)OC(CO)C4)CC1. The van der Waals surface area contributed by atoms with Gasteiger partial charge in [-0.05, 0) is 54.9 Å². The van der Waals surface area contributed by atoms with Gasteiger partial charge in [-0.2, -0.15) is 23.1 Å². The molecule has 14 heteroatoms. The molecule has 3 atom stereocenters. The number of carbonyl (C=O) groups is 1. The number of hydrogen-bond acceptors (Lipinski definition) is 9. The maximum Gasteiger partial charge on any atom is 0.417 e. The lowest BCUT2D eigenvalue weighted by Crippen LogP contribution is -2.48. The van der Waals surface area contributed by atoms with Crippen LogP contribution in [0.1, 0.15) is 17.5 Å². The van der Waals surface area contributed by atoms with E-state index in [1.54, 1.807) is 18.0 Å². The van der Waals surface area contributed by atoms with Crippen molar-refractivity contribution in [2.45, 2.75) is 37.3 Å². The van der Waals surface area contributed by atoms with E-state index in [2.05, 4.69) is 11.6 Å². The number of piperazine rings is 1. The molecule has 240 valence electrons. The van der Waals surface area contributed by atoms with Crippen molar-refractivity contribution in [2.24, 2.45) is 0 Å². The van der Waals surface area contributed by atoms with Crippen LogP contribution in [-0.2, 0) is 17.4 Å². The van der Waals surface area contributed by atoms with Crippen LogP contribution >= 0.6 is 0 Å². The summed E-state index contributed by atoms with van der Waals surface area (Å²) >= 11 is 0. The molecule has 0 bridgehead atoms. The minimum atomic E-state index is -4.67. The summed E-state index contributed by atoms with van der Waals surface area (Å²) in [7, 11) is 1.80. The highest BCUT2D eigenvalue weighted by molar-refractivity contribution is 6.01. The Morgan fingerprint density at radius 3 is 2.60 bits per heavy atom. The summed E-state index contributed by atoms with van der Waals surface area (Å²) in [4.78, 5) is 27.0. The number of halogens is 4. The molecule has 1 amide bonds. The molecule has 0 saturated carbocycles. The van der Waals surface area contributed by atoms with E-state index in [1.807, 2.05) is 9.80 Å². The molecule has 2 saturated heterocycles. The largest absolute Gasteiger partial charge is 0.487 e. The summed E-state index contributed by atoms with van der Waals surface area (Å²) < 4.78 is 68.9. The first kappa shape index (κ1) is 30.8. The molecule has 3 aromatic rings. The van der Waals surface area contributed by atoms with E-state index in [0.717, 1.165) is 6.07 Å². The Morgan fingerprint density at radius 2 is 1.96 bits per heavy atom. The van der Waals surface area contributed by atoms with Crippen molar-refractivity contribution < 1.29 is 36.9 Å².